The first-order valence-corrected chi connectivity index (χ1v) is 5.58. The van der Waals surface area contributed by atoms with Crippen LogP contribution in [0.4, 0.5) is 0 Å². The summed E-state index contributed by atoms with van der Waals surface area (Å²) in [6, 6.07) is 5.99. The Bertz CT molecular complexity index is 304. The molecule has 1 heterocycles. The van der Waals surface area contributed by atoms with Gasteiger partial charge in [0.25, 0.3) is 0 Å². The average Bonchev–Trinajstić information content (AvgIpc) is 2.29. The van der Waals surface area contributed by atoms with E-state index in [-0.39, 0.29) is 0 Å². The van der Waals surface area contributed by atoms with Gasteiger partial charge in [0.05, 0.1) is 11.4 Å². The SMILES string of the molecule is COCCCN(C)Cc1cccc(CN)n1. The minimum absolute atomic E-state index is 0.501. The van der Waals surface area contributed by atoms with Crippen LogP contribution in [0.2, 0.25) is 0 Å². The maximum atomic E-state index is 5.56. The number of rotatable bonds is 7. The molecule has 0 saturated carbocycles. The van der Waals surface area contributed by atoms with Gasteiger partial charge in [-0.05, 0) is 25.6 Å². The summed E-state index contributed by atoms with van der Waals surface area (Å²) >= 11 is 0. The normalized spacial score (nSPS) is 11.0. The Kier molecular flexibility index (Phi) is 6.00. The van der Waals surface area contributed by atoms with Crippen molar-refractivity contribution in [3.8, 4) is 0 Å². The summed E-state index contributed by atoms with van der Waals surface area (Å²) in [4.78, 5) is 6.70. The van der Waals surface area contributed by atoms with Crippen molar-refractivity contribution in [1.82, 2.24) is 9.88 Å². The van der Waals surface area contributed by atoms with E-state index in [0.29, 0.717) is 6.54 Å². The lowest BCUT2D eigenvalue weighted by Crippen LogP contribution is -2.21. The molecule has 2 N–H and O–H groups in total. The molecule has 0 atom stereocenters. The van der Waals surface area contributed by atoms with Gasteiger partial charge in [0.1, 0.15) is 0 Å². The molecule has 16 heavy (non-hydrogen) atoms. The van der Waals surface area contributed by atoms with Crippen molar-refractivity contribution >= 4 is 0 Å². The zero-order valence-electron chi connectivity index (χ0n) is 10.1. The fourth-order valence-corrected chi connectivity index (χ4v) is 1.57. The fourth-order valence-electron chi connectivity index (χ4n) is 1.57. The fraction of sp³-hybridized carbons (Fsp3) is 0.583. The molecule has 1 rings (SSSR count). The van der Waals surface area contributed by atoms with Gasteiger partial charge in [0.15, 0.2) is 0 Å². The molecule has 0 fully saturated rings. The first-order valence-electron chi connectivity index (χ1n) is 5.58. The molecule has 1 aromatic heterocycles. The number of methoxy groups -OCH3 is 1. The number of hydrogen-bond donors (Lipinski definition) is 1. The van der Waals surface area contributed by atoms with E-state index in [0.717, 1.165) is 37.5 Å². The van der Waals surface area contributed by atoms with Gasteiger partial charge in [-0.2, -0.15) is 0 Å². The molecule has 90 valence electrons. The van der Waals surface area contributed by atoms with Crippen LogP contribution in [-0.2, 0) is 17.8 Å². The van der Waals surface area contributed by atoms with Crippen molar-refractivity contribution in [3.63, 3.8) is 0 Å². The highest BCUT2D eigenvalue weighted by atomic mass is 16.5. The number of ether oxygens (including phenoxy) is 1. The lowest BCUT2D eigenvalue weighted by Gasteiger charge is -2.16. The van der Waals surface area contributed by atoms with Crippen LogP contribution in [-0.4, -0.2) is 37.2 Å². The van der Waals surface area contributed by atoms with E-state index in [1.54, 1.807) is 7.11 Å². The van der Waals surface area contributed by atoms with Crippen molar-refractivity contribution in [2.24, 2.45) is 5.73 Å². The Morgan fingerprint density at radius 2 is 2.12 bits per heavy atom. The predicted octanol–water partition coefficient (Wildman–Crippen LogP) is 1.01. The van der Waals surface area contributed by atoms with Crippen molar-refractivity contribution in [2.75, 3.05) is 27.3 Å². The standard InChI is InChI=1S/C12H21N3O/c1-15(7-4-8-16-2)10-12-6-3-5-11(9-13)14-12/h3,5-6H,4,7-10,13H2,1-2H3. The molecule has 0 amide bonds. The minimum Gasteiger partial charge on any atom is -0.385 e. The molecule has 0 bridgehead atoms. The van der Waals surface area contributed by atoms with Crippen LogP contribution in [0.15, 0.2) is 18.2 Å². The summed E-state index contributed by atoms with van der Waals surface area (Å²) < 4.78 is 5.02. The highest BCUT2D eigenvalue weighted by molar-refractivity contribution is 5.10. The highest BCUT2D eigenvalue weighted by Crippen LogP contribution is 2.02. The number of aromatic nitrogens is 1. The number of pyridine rings is 1. The first kappa shape index (κ1) is 13.1. The molecular formula is C12H21N3O. The van der Waals surface area contributed by atoms with E-state index < -0.39 is 0 Å². The second-order valence-corrected chi connectivity index (χ2v) is 3.91. The molecule has 4 heteroatoms. The van der Waals surface area contributed by atoms with E-state index in [2.05, 4.69) is 16.9 Å². The molecule has 0 saturated heterocycles. The Morgan fingerprint density at radius 1 is 1.38 bits per heavy atom. The predicted molar refractivity (Wildman–Crippen MR) is 65.0 cm³/mol. The van der Waals surface area contributed by atoms with Crippen LogP contribution in [0.5, 0.6) is 0 Å². The zero-order chi connectivity index (χ0) is 11.8. The van der Waals surface area contributed by atoms with Gasteiger partial charge in [0, 0.05) is 33.4 Å². The minimum atomic E-state index is 0.501. The lowest BCUT2D eigenvalue weighted by molar-refractivity contribution is 0.177. The summed E-state index contributed by atoms with van der Waals surface area (Å²) in [6.07, 6.45) is 1.05. The molecule has 0 unspecified atom stereocenters. The second kappa shape index (κ2) is 7.33. The summed E-state index contributed by atoms with van der Waals surface area (Å²) in [5.74, 6) is 0. The van der Waals surface area contributed by atoms with Crippen molar-refractivity contribution in [1.29, 1.82) is 0 Å². The smallest absolute Gasteiger partial charge is 0.0547 e. The van der Waals surface area contributed by atoms with Crippen LogP contribution < -0.4 is 5.73 Å². The average molecular weight is 223 g/mol. The number of hydrogen-bond acceptors (Lipinski definition) is 4. The molecule has 0 aliphatic carbocycles. The third kappa shape index (κ3) is 4.70. The largest absolute Gasteiger partial charge is 0.385 e. The first-order chi connectivity index (χ1) is 7.76. The molecule has 4 nitrogen and oxygen atoms in total. The van der Waals surface area contributed by atoms with Gasteiger partial charge in [-0.25, -0.2) is 0 Å². The van der Waals surface area contributed by atoms with Gasteiger partial charge in [-0.15, -0.1) is 0 Å². The molecule has 0 spiro atoms. The van der Waals surface area contributed by atoms with Crippen molar-refractivity contribution < 1.29 is 4.74 Å². The van der Waals surface area contributed by atoms with Gasteiger partial charge in [-0.1, -0.05) is 6.07 Å². The third-order valence-corrected chi connectivity index (χ3v) is 2.39. The van der Waals surface area contributed by atoms with E-state index in [1.165, 1.54) is 0 Å². The summed E-state index contributed by atoms with van der Waals surface area (Å²) in [7, 11) is 3.82. The Hall–Kier alpha value is -0.970. The molecule has 1 aromatic rings. The van der Waals surface area contributed by atoms with E-state index >= 15 is 0 Å². The van der Waals surface area contributed by atoms with Crippen LogP contribution >= 0.6 is 0 Å². The Labute approximate surface area is 97.4 Å². The highest BCUT2D eigenvalue weighted by Gasteiger charge is 2.01. The van der Waals surface area contributed by atoms with E-state index in [4.69, 9.17) is 10.5 Å². The zero-order valence-corrected chi connectivity index (χ0v) is 10.1. The quantitative estimate of drug-likeness (QED) is 0.701. The second-order valence-electron chi connectivity index (χ2n) is 3.91. The van der Waals surface area contributed by atoms with Crippen molar-refractivity contribution in [2.45, 2.75) is 19.5 Å². The lowest BCUT2D eigenvalue weighted by atomic mass is 10.3. The van der Waals surface area contributed by atoms with Crippen LogP contribution in [0, 0.1) is 0 Å². The topological polar surface area (TPSA) is 51.4 Å². The number of nitrogens with zero attached hydrogens (tertiary/aromatic N) is 2. The maximum Gasteiger partial charge on any atom is 0.0547 e. The molecule has 0 radical (unpaired) electrons. The maximum absolute atomic E-state index is 5.56. The Morgan fingerprint density at radius 3 is 2.81 bits per heavy atom. The summed E-state index contributed by atoms with van der Waals surface area (Å²) in [6.45, 7) is 3.18. The van der Waals surface area contributed by atoms with Crippen LogP contribution in [0.25, 0.3) is 0 Å². The summed E-state index contributed by atoms with van der Waals surface area (Å²) in [5, 5.41) is 0. The van der Waals surface area contributed by atoms with Gasteiger partial charge >= 0.3 is 0 Å². The van der Waals surface area contributed by atoms with E-state index in [9.17, 15) is 0 Å². The molecule has 0 aliphatic rings. The monoisotopic (exact) mass is 223 g/mol. The Balaban J connectivity index is 2.39. The molecule has 0 aliphatic heterocycles. The van der Waals surface area contributed by atoms with E-state index in [1.807, 2.05) is 18.2 Å². The third-order valence-electron chi connectivity index (χ3n) is 2.39. The van der Waals surface area contributed by atoms with Gasteiger partial charge in [-0.3, -0.25) is 4.98 Å². The van der Waals surface area contributed by atoms with Crippen LogP contribution in [0.1, 0.15) is 17.8 Å². The van der Waals surface area contributed by atoms with Gasteiger partial charge < -0.3 is 15.4 Å². The summed E-state index contributed by atoms with van der Waals surface area (Å²) in [5.41, 5.74) is 7.57. The molecule has 0 aromatic carbocycles. The van der Waals surface area contributed by atoms with Crippen LogP contribution in [0.3, 0.4) is 0 Å². The molecular weight excluding hydrogens is 202 g/mol. The number of nitrogens with two attached hydrogens (primary N) is 1. The van der Waals surface area contributed by atoms with Crippen molar-refractivity contribution in [3.05, 3.63) is 29.6 Å². The van der Waals surface area contributed by atoms with Gasteiger partial charge in [0.2, 0.25) is 0 Å².